The van der Waals surface area contributed by atoms with Crippen molar-refractivity contribution in [2.24, 2.45) is 0 Å². The summed E-state index contributed by atoms with van der Waals surface area (Å²) in [5.74, 6) is -0.816. The number of amides is 1. The van der Waals surface area contributed by atoms with Crippen molar-refractivity contribution >= 4 is 5.91 Å². The van der Waals surface area contributed by atoms with Gasteiger partial charge in [0.2, 0.25) is 5.91 Å². The fourth-order valence-electron chi connectivity index (χ4n) is 1.72. The van der Waals surface area contributed by atoms with Gasteiger partial charge >= 0.3 is 12.3 Å². The van der Waals surface area contributed by atoms with E-state index in [2.05, 4.69) is 15.4 Å². The van der Waals surface area contributed by atoms with Crippen LogP contribution in [0.25, 0.3) is 0 Å². The van der Waals surface area contributed by atoms with E-state index in [-0.39, 0.29) is 19.0 Å². The van der Waals surface area contributed by atoms with E-state index >= 15 is 0 Å². The van der Waals surface area contributed by atoms with E-state index in [9.17, 15) is 31.1 Å². The molecule has 1 amide bonds. The fraction of sp³-hybridized carbons (Fsp3) is 0.533. The Labute approximate surface area is 140 Å². The first-order valence-corrected chi connectivity index (χ1v) is 7.40. The summed E-state index contributed by atoms with van der Waals surface area (Å²) in [7, 11) is 0. The predicted octanol–water partition coefficient (Wildman–Crippen LogP) is 3.17. The summed E-state index contributed by atoms with van der Waals surface area (Å²) in [4.78, 5) is 11.3. The lowest BCUT2D eigenvalue weighted by molar-refractivity contribution is -0.304. The standard InChI is InChI=1S/C15H18F6N2O2/c1-2-7-23-12(24)9-22-8-10-3-5-11(6-4-10)25-15(20,21)13(16)14(17,18)19/h3-6,13,22H,2,7-9H2,1H3,(H,23,24). The van der Waals surface area contributed by atoms with E-state index in [1.807, 2.05) is 6.92 Å². The SMILES string of the molecule is CCCNC(=O)CNCc1ccc(OC(F)(F)C(F)C(F)(F)F)cc1. The Morgan fingerprint density at radius 1 is 1.16 bits per heavy atom. The third kappa shape index (κ3) is 7.20. The summed E-state index contributed by atoms with van der Waals surface area (Å²) in [5, 5.41) is 5.45. The maximum absolute atomic E-state index is 13.1. The largest absolute Gasteiger partial charge is 0.439 e. The van der Waals surface area contributed by atoms with Gasteiger partial charge in [0.25, 0.3) is 6.17 Å². The number of hydrogen-bond donors (Lipinski definition) is 2. The fourth-order valence-corrected chi connectivity index (χ4v) is 1.72. The van der Waals surface area contributed by atoms with Gasteiger partial charge in [-0.25, -0.2) is 4.39 Å². The highest BCUT2D eigenvalue weighted by Crippen LogP contribution is 2.36. The number of carbonyl (C=O) groups is 1. The van der Waals surface area contributed by atoms with Gasteiger partial charge < -0.3 is 15.4 Å². The van der Waals surface area contributed by atoms with Gasteiger partial charge in [-0.15, -0.1) is 0 Å². The molecule has 1 aromatic carbocycles. The Hall–Kier alpha value is -1.97. The molecule has 0 fully saturated rings. The second-order valence-electron chi connectivity index (χ2n) is 5.17. The van der Waals surface area contributed by atoms with Gasteiger partial charge in [0.1, 0.15) is 5.75 Å². The normalized spacial score (nSPS) is 13.4. The van der Waals surface area contributed by atoms with E-state index in [0.29, 0.717) is 12.1 Å². The predicted molar refractivity (Wildman–Crippen MR) is 78.0 cm³/mol. The van der Waals surface area contributed by atoms with Gasteiger partial charge in [0, 0.05) is 13.1 Å². The van der Waals surface area contributed by atoms with Gasteiger partial charge in [0.05, 0.1) is 6.54 Å². The van der Waals surface area contributed by atoms with Crippen LogP contribution in [0.1, 0.15) is 18.9 Å². The molecule has 0 saturated heterocycles. The van der Waals surface area contributed by atoms with Crippen molar-refractivity contribution in [2.75, 3.05) is 13.1 Å². The summed E-state index contributed by atoms with van der Waals surface area (Å²) >= 11 is 0. The molecule has 0 aliphatic rings. The first-order valence-electron chi connectivity index (χ1n) is 7.40. The van der Waals surface area contributed by atoms with Crippen LogP contribution in [-0.2, 0) is 11.3 Å². The van der Waals surface area contributed by atoms with E-state index in [1.54, 1.807) is 0 Å². The number of alkyl halides is 6. The Kier molecular flexibility index (Phi) is 7.53. The first-order chi connectivity index (χ1) is 11.6. The number of halogens is 6. The number of nitrogens with one attached hydrogen (secondary N) is 2. The molecule has 0 spiro atoms. The highest BCUT2D eigenvalue weighted by Gasteiger charge is 2.59. The monoisotopic (exact) mass is 372 g/mol. The summed E-state index contributed by atoms with van der Waals surface area (Å²) < 4.78 is 78.8. The van der Waals surface area contributed by atoms with Crippen molar-refractivity contribution < 1.29 is 35.9 Å². The highest BCUT2D eigenvalue weighted by molar-refractivity contribution is 5.77. The molecule has 4 nitrogen and oxygen atoms in total. The molecule has 1 aromatic rings. The molecule has 142 valence electrons. The summed E-state index contributed by atoms with van der Waals surface area (Å²) in [6.07, 6.45) is -14.4. The lowest BCUT2D eigenvalue weighted by Crippen LogP contribution is -2.45. The van der Waals surface area contributed by atoms with Crippen LogP contribution >= 0.6 is 0 Å². The zero-order valence-corrected chi connectivity index (χ0v) is 13.3. The van der Waals surface area contributed by atoms with Crippen LogP contribution in [0.2, 0.25) is 0 Å². The summed E-state index contributed by atoms with van der Waals surface area (Å²) in [6, 6.07) is 4.60. The number of carbonyl (C=O) groups excluding carboxylic acids is 1. The molecule has 0 saturated carbocycles. The van der Waals surface area contributed by atoms with Crippen LogP contribution in [0.15, 0.2) is 24.3 Å². The molecule has 0 radical (unpaired) electrons. The highest BCUT2D eigenvalue weighted by atomic mass is 19.4. The third-order valence-electron chi connectivity index (χ3n) is 2.95. The molecule has 1 atom stereocenters. The molecule has 0 aliphatic heterocycles. The lowest BCUT2D eigenvalue weighted by Gasteiger charge is -2.23. The Balaban J connectivity index is 2.52. The van der Waals surface area contributed by atoms with E-state index in [1.165, 1.54) is 12.1 Å². The zero-order chi connectivity index (χ0) is 19.1. The van der Waals surface area contributed by atoms with Gasteiger partial charge in [-0.3, -0.25) is 4.79 Å². The number of hydrogen-bond acceptors (Lipinski definition) is 3. The molecule has 1 unspecified atom stereocenters. The minimum absolute atomic E-state index is 0.0471. The maximum Gasteiger partial charge on any atom is 0.439 e. The molecular formula is C15H18F6N2O2. The minimum Gasteiger partial charge on any atom is -0.430 e. The second-order valence-corrected chi connectivity index (χ2v) is 5.17. The number of ether oxygens (including phenoxy) is 1. The van der Waals surface area contributed by atoms with E-state index in [4.69, 9.17) is 0 Å². The lowest BCUT2D eigenvalue weighted by atomic mass is 10.2. The smallest absolute Gasteiger partial charge is 0.430 e. The molecule has 25 heavy (non-hydrogen) atoms. The molecule has 1 rings (SSSR count). The first kappa shape index (κ1) is 21.1. The van der Waals surface area contributed by atoms with Crippen LogP contribution in [-0.4, -0.2) is 37.5 Å². The minimum atomic E-state index is -5.73. The molecular weight excluding hydrogens is 354 g/mol. The quantitative estimate of drug-likeness (QED) is 0.655. The van der Waals surface area contributed by atoms with Gasteiger partial charge in [-0.1, -0.05) is 19.1 Å². The van der Waals surface area contributed by atoms with E-state index in [0.717, 1.165) is 18.6 Å². The second kappa shape index (κ2) is 8.93. The van der Waals surface area contributed by atoms with Crippen LogP contribution in [0.3, 0.4) is 0 Å². The van der Waals surface area contributed by atoms with Crippen molar-refractivity contribution in [3.63, 3.8) is 0 Å². The number of rotatable bonds is 9. The van der Waals surface area contributed by atoms with Crippen LogP contribution in [0.5, 0.6) is 5.75 Å². The van der Waals surface area contributed by atoms with Crippen LogP contribution in [0, 0.1) is 0 Å². The average Bonchev–Trinajstić information content (AvgIpc) is 2.52. The van der Waals surface area contributed by atoms with Gasteiger partial charge in [-0.05, 0) is 24.1 Å². The van der Waals surface area contributed by atoms with Gasteiger partial charge in [0.15, 0.2) is 0 Å². The Morgan fingerprint density at radius 2 is 1.76 bits per heavy atom. The van der Waals surface area contributed by atoms with Crippen LogP contribution < -0.4 is 15.4 Å². The summed E-state index contributed by atoms with van der Waals surface area (Å²) in [6.45, 7) is 2.73. The van der Waals surface area contributed by atoms with Crippen molar-refractivity contribution in [1.29, 1.82) is 0 Å². The molecule has 10 heteroatoms. The molecule has 2 N–H and O–H groups in total. The van der Waals surface area contributed by atoms with Crippen molar-refractivity contribution in [3.8, 4) is 5.75 Å². The van der Waals surface area contributed by atoms with Crippen molar-refractivity contribution in [1.82, 2.24) is 10.6 Å². The molecule has 0 aliphatic carbocycles. The third-order valence-corrected chi connectivity index (χ3v) is 2.95. The van der Waals surface area contributed by atoms with E-state index < -0.39 is 24.2 Å². The summed E-state index contributed by atoms with van der Waals surface area (Å²) in [5.41, 5.74) is 0.576. The topological polar surface area (TPSA) is 50.4 Å². The van der Waals surface area contributed by atoms with Gasteiger partial charge in [-0.2, -0.15) is 22.0 Å². The van der Waals surface area contributed by atoms with Crippen molar-refractivity contribution in [2.45, 2.75) is 38.3 Å². The Bertz CT molecular complexity index is 548. The molecule has 0 heterocycles. The Morgan fingerprint density at radius 3 is 2.28 bits per heavy atom. The molecule has 0 aromatic heterocycles. The van der Waals surface area contributed by atoms with Crippen molar-refractivity contribution in [3.05, 3.63) is 29.8 Å². The molecule has 0 bridgehead atoms. The van der Waals surface area contributed by atoms with Crippen LogP contribution in [0.4, 0.5) is 26.3 Å². The maximum atomic E-state index is 13.1. The average molecular weight is 372 g/mol. The zero-order valence-electron chi connectivity index (χ0n) is 13.3. The number of benzene rings is 1.